The second-order valence-electron chi connectivity index (χ2n) is 7.44. The zero-order valence-corrected chi connectivity index (χ0v) is 19.8. The van der Waals surface area contributed by atoms with Crippen molar-refractivity contribution in [2.24, 2.45) is 0 Å². The van der Waals surface area contributed by atoms with E-state index in [0.717, 1.165) is 16.8 Å². The molecule has 0 unspecified atom stereocenters. The van der Waals surface area contributed by atoms with Crippen molar-refractivity contribution in [1.29, 1.82) is 0 Å². The first-order valence-corrected chi connectivity index (χ1v) is 11.8. The fraction of sp³-hybridized carbons (Fsp3) is 0.0833. The molecule has 0 fully saturated rings. The number of halogens is 2. The Labute approximate surface area is 203 Å². The molecule has 2 aromatic carbocycles. The van der Waals surface area contributed by atoms with Gasteiger partial charge in [-0.25, -0.2) is 4.98 Å². The molecule has 5 rings (SSSR count). The molecule has 0 aliphatic heterocycles. The van der Waals surface area contributed by atoms with Crippen LogP contribution in [0.2, 0.25) is 10.0 Å². The van der Waals surface area contributed by atoms with Crippen molar-refractivity contribution >= 4 is 40.6 Å². The summed E-state index contributed by atoms with van der Waals surface area (Å²) in [7, 11) is 0. The van der Waals surface area contributed by atoms with Crippen molar-refractivity contribution in [1.82, 2.24) is 24.1 Å². The summed E-state index contributed by atoms with van der Waals surface area (Å²) in [4.78, 5) is 17.1. The van der Waals surface area contributed by atoms with E-state index in [1.54, 1.807) is 18.3 Å². The smallest absolute Gasteiger partial charge is 0.258 e. The van der Waals surface area contributed by atoms with Gasteiger partial charge in [0.1, 0.15) is 5.65 Å². The van der Waals surface area contributed by atoms with Crippen molar-refractivity contribution < 1.29 is 0 Å². The van der Waals surface area contributed by atoms with Crippen LogP contribution in [0.15, 0.2) is 82.9 Å². The maximum absolute atomic E-state index is 12.5. The van der Waals surface area contributed by atoms with Crippen molar-refractivity contribution in [3.8, 4) is 17.1 Å². The Morgan fingerprint density at radius 3 is 2.52 bits per heavy atom. The van der Waals surface area contributed by atoms with Gasteiger partial charge < -0.3 is 0 Å². The average Bonchev–Trinajstić information content (AvgIpc) is 3.23. The zero-order chi connectivity index (χ0) is 22.9. The van der Waals surface area contributed by atoms with E-state index in [2.05, 4.69) is 21.2 Å². The number of aryl methyl sites for hydroxylation is 1. The molecule has 0 aliphatic carbocycles. The monoisotopic (exact) mass is 493 g/mol. The lowest BCUT2D eigenvalue weighted by Gasteiger charge is -2.11. The van der Waals surface area contributed by atoms with Gasteiger partial charge in [-0.15, -0.1) is 10.2 Å². The van der Waals surface area contributed by atoms with E-state index in [9.17, 15) is 4.79 Å². The number of aromatic nitrogens is 5. The summed E-state index contributed by atoms with van der Waals surface area (Å²) in [5.41, 5.74) is 4.00. The van der Waals surface area contributed by atoms with Gasteiger partial charge in [0.05, 0.1) is 10.7 Å². The van der Waals surface area contributed by atoms with Gasteiger partial charge in [-0.05, 0) is 61.0 Å². The predicted octanol–water partition coefficient (Wildman–Crippen LogP) is 5.85. The molecule has 0 bridgehead atoms. The fourth-order valence-electron chi connectivity index (χ4n) is 3.49. The standard InChI is InChI=1S/C24H17Cl2N5OS/c1-15-3-2-4-20(11-15)31-23(16-5-7-17(25)8-6-16)28-29-24(31)33-14-19-12-22(32)30-13-18(26)9-10-21(30)27-19/h2-13H,14H2,1H3. The molecule has 5 aromatic rings. The highest BCUT2D eigenvalue weighted by Crippen LogP contribution is 2.30. The summed E-state index contributed by atoms with van der Waals surface area (Å²) in [6.45, 7) is 2.04. The van der Waals surface area contributed by atoms with Gasteiger partial charge in [-0.1, -0.05) is 47.1 Å². The van der Waals surface area contributed by atoms with E-state index >= 15 is 0 Å². The molecule has 0 saturated carbocycles. The van der Waals surface area contributed by atoms with Crippen LogP contribution in [0.5, 0.6) is 0 Å². The number of nitrogens with zero attached hydrogens (tertiary/aromatic N) is 5. The molecular formula is C24H17Cl2N5OS. The van der Waals surface area contributed by atoms with Gasteiger partial charge in [-0.3, -0.25) is 13.8 Å². The molecule has 3 heterocycles. The second-order valence-corrected chi connectivity index (χ2v) is 9.25. The molecule has 0 atom stereocenters. The largest absolute Gasteiger partial charge is 0.270 e. The van der Waals surface area contributed by atoms with E-state index in [1.165, 1.54) is 22.2 Å². The van der Waals surface area contributed by atoms with Gasteiger partial charge in [0.2, 0.25) is 0 Å². The first-order chi connectivity index (χ1) is 16.0. The van der Waals surface area contributed by atoms with Crippen LogP contribution in [0, 0.1) is 6.92 Å². The normalized spacial score (nSPS) is 11.2. The molecule has 164 valence electrons. The summed E-state index contributed by atoms with van der Waals surface area (Å²) < 4.78 is 3.44. The Hall–Kier alpha value is -3.13. The second kappa shape index (κ2) is 9.02. The third-order valence-electron chi connectivity index (χ3n) is 5.02. The quantitative estimate of drug-likeness (QED) is 0.287. The Morgan fingerprint density at radius 2 is 1.73 bits per heavy atom. The van der Waals surface area contributed by atoms with E-state index in [-0.39, 0.29) is 5.56 Å². The number of benzene rings is 2. The molecule has 9 heteroatoms. The van der Waals surface area contributed by atoms with Gasteiger partial charge in [0.15, 0.2) is 11.0 Å². The van der Waals surface area contributed by atoms with Crippen LogP contribution in [0.1, 0.15) is 11.3 Å². The Bertz CT molecular complexity index is 1530. The van der Waals surface area contributed by atoms with E-state index in [0.29, 0.717) is 38.1 Å². The Kier molecular flexibility index (Phi) is 5.93. The lowest BCUT2D eigenvalue weighted by atomic mass is 10.2. The number of hydrogen-bond acceptors (Lipinski definition) is 5. The summed E-state index contributed by atoms with van der Waals surface area (Å²) >= 11 is 13.5. The van der Waals surface area contributed by atoms with Crippen molar-refractivity contribution in [2.75, 3.05) is 0 Å². The highest BCUT2D eigenvalue weighted by molar-refractivity contribution is 7.98. The summed E-state index contributed by atoms with van der Waals surface area (Å²) in [6.07, 6.45) is 1.57. The van der Waals surface area contributed by atoms with Crippen LogP contribution in [0.3, 0.4) is 0 Å². The van der Waals surface area contributed by atoms with Gasteiger partial charge in [0, 0.05) is 34.3 Å². The first-order valence-electron chi connectivity index (χ1n) is 10.1. The zero-order valence-electron chi connectivity index (χ0n) is 17.4. The maximum atomic E-state index is 12.5. The average molecular weight is 494 g/mol. The highest BCUT2D eigenvalue weighted by atomic mass is 35.5. The van der Waals surface area contributed by atoms with Crippen LogP contribution in [0.25, 0.3) is 22.7 Å². The molecule has 33 heavy (non-hydrogen) atoms. The maximum Gasteiger partial charge on any atom is 0.258 e. The Morgan fingerprint density at radius 1 is 0.939 bits per heavy atom. The molecule has 0 saturated heterocycles. The van der Waals surface area contributed by atoms with Gasteiger partial charge >= 0.3 is 0 Å². The third kappa shape index (κ3) is 4.53. The molecular weight excluding hydrogens is 477 g/mol. The lowest BCUT2D eigenvalue weighted by molar-refractivity contribution is 0.883. The summed E-state index contributed by atoms with van der Waals surface area (Å²) in [5.74, 6) is 1.17. The van der Waals surface area contributed by atoms with Gasteiger partial charge in [0.25, 0.3) is 5.56 Å². The molecule has 0 aliphatic rings. The third-order valence-corrected chi connectivity index (χ3v) is 6.46. The van der Waals surface area contributed by atoms with E-state index in [4.69, 9.17) is 23.2 Å². The minimum absolute atomic E-state index is 0.180. The van der Waals surface area contributed by atoms with Crippen LogP contribution in [-0.4, -0.2) is 24.1 Å². The molecule has 6 nitrogen and oxygen atoms in total. The Balaban J connectivity index is 1.53. The SMILES string of the molecule is Cc1cccc(-n2c(SCc3cc(=O)n4cc(Cl)ccc4n3)nnc2-c2ccc(Cl)cc2)c1. The fourth-order valence-corrected chi connectivity index (χ4v) is 4.62. The highest BCUT2D eigenvalue weighted by Gasteiger charge is 2.17. The van der Waals surface area contributed by atoms with E-state index < -0.39 is 0 Å². The minimum Gasteiger partial charge on any atom is -0.270 e. The van der Waals surface area contributed by atoms with Crippen molar-refractivity contribution in [3.63, 3.8) is 0 Å². The predicted molar refractivity (Wildman–Crippen MR) is 133 cm³/mol. The lowest BCUT2D eigenvalue weighted by Crippen LogP contribution is -2.15. The summed E-state index contributed by atoms with van der Waals surface area (Å²) in [6, 6.07) is 20.6. The molecule has 3 aromatic heterocycles. The van der Waals surface area contributed by atoms with Crippen LogP contribution in [0.4, 0.5) is 0 Å². The van der Waals surface area contributed by atoms with E-state index in [1.807, 2.05) is 54.0 Å². The number of hydrogen-bond donors (Lipinski definition) is 0. The number of thioether (sulfide) groups is 1. The summed E-state index contributed by atoms with van der Waals surface area (Å²) in [5, 5.41) is 10.7. The first kappa shape index (κ1) is 21.7. The number of fused-ring (bicyclic) bond motifs is 1. The van der Waals surface area contributed by atoms with Crippen LogP contribution >= 0.6 is 35.0 Å². The van der Waals surface area contributed by atoms with Crippen molar-refractivity contribution in [2.45, 2.75) is 17.8 Å². The molecule has 0 spiro atoms. The topological polar surface area (TPSA) is 65.1 Å². The van der Waals surface area contributed by atoms with Crippen molar-refractivity contribution in [3.05, 3.63) is 105 Å². The number of rotatable bonds is 5. The molecule has 0 N–H and O–H groups in total. The van der Waals surface area contributed by atoms with Crippen LogP contribution in [-0.2, 0) is 5.75 Å². The molecule has 0 amide bonds. The van der Waals surface area contributed by atoms with Gasteiger partial charge in [-0.2, -0.15) is 0 Å². The molecule has 0 radical (unpaired) electrons. The van der Waals surface area contributed by atoms with Crippen LogP contribution < -0.4 is 5.56 Å². The number of pyridine rings is 1. The minimum atomic E-state index is -0.180.